The van der Waals surface area contributed by atoms with Crippen molar-refractivity contribution in [1.82, 2.24) is 4.98 Å². The topological polar surface area (TPSA) is 79.8 Å². The third kappa shape index (κ3) is 3.09. The molecular weight excluding hydrogens is 262 g/mol. The van der Waals surface area contributed by atoms with Crippen LogP contribution in [0.15, 0.2) is 47.5 Å². The van der Waals surface area contributed by atoms with E-state index in [4.69, 9.17) is 5.26 Å². The molecule has 0 saturated heterocycles. The van der Waals surface area contributed by atoms with E-state index in [-0.39, 0.29) is 5.69 Å². The van der Waals surface area contributed by atoms with Crippen molar-refractivity contribution in [3.63, 3.8) is 0 Å². The normalized spacial score (nSPS) is 9.84. The Hall–Kier alpha value is -2.39. The van der Waals surface area contributed by atoms with Crippen molar-refractivity contribution in [2.75, 3.05) is 0 Å². The van der Waals surface area contributed by atoms with Gasteiger partial charge in [0.1, 0.15) is 11.8 Å². The Morgan fingerprint density at radius 2 is 2.11 bits per heavy atom. The van der Waals surface area contributed by atoms with Crippen LogP contribution >= 0.6 is 11.8 Å². The fourth-order valence-electron chi connectivity index (χ4n) is 1.54. The fraction of sp³-hybridized carbons (Fsp3) is 0.0769. The zero-order chi connectivity index (χ0) is 13.7. The van der Waals surface area contributed by atoms with E-state index in [9.17, 15) is 10.1 Å². The molecule has 0 aliphatic carbocycles. The predicted octanol–water partition coefficient (Wildman–Crippen LogP) is 3.15. The molecule has 94 valence electrons. The molecule has 0 atom stereocenters. The van der Waals surface area contributed by atoms with Crippen LogP contribution in [0.4, 0.5) is 5.69 Å². The molecule has 0 unspecified atom stereocenters. The van der Waals surface area contributed by atoms with E-state index in [0.717, 1.165) is 5.56 Å². The van der Waals surface area contributed by atoms with E-state index in [1.807, 2.05) is 6.07 Å². The second-order valence-corrected chi connectivity index (χ2v) is 4.65. The number of hydrogen-bond acceptors (Lipinski definition) is 5. The van der Waals surface area contributed by atoms with Crippen LogP contribution in [0.1, 0.15) is 11.3 Å². The average molecular weight is 271 g/mol. The van der Waals surface area contributed by atoms with Crippen LogP contribution in [0, 0.1) is 21.4 Å². The lowest BCUT2D eigenvalue weighted by Gasteiger charge is -2.04. The molecule has 0 radical (unpaired) electrons. The van der Waals surface area contributed by atoms with Gasteiger partial charge in [0, 0.05) is 18.0 Å². The molecule has 0 bridgehead atoms. The maximum atomic E-state index is 10.9. The fourth-order valence-corrected chi connectivity index (χ4v) is 2.55. The first kappa shape index (κ1) is 13.1. The molecule has 2 rings (SSSR count). The van der Waals surface area contributed by atoms with Crippen molar-refractivity contribution in [2.24, 2.45) is 0 Å². The van der Waals surface area contributed by atoms with E-state index in [2.05, 4.69) is 4.98 Å². The largest absolute Gasteiger partial charge is 0.282 e. The summed E-state index contributed by atoms with van der Waals surface area (Å²) in [6, 6.07) is 12.1. The number of rotatable bonds is 4. The van der Waals surface area contributed by atoms with Crippen LogP contribution in [-0.4, -0.2) is 9.91 Å². The van der Waals surface area contributed by atoms with Crippen LogP contribution in [0.25, 0.3) is 0 Å². The quantitative estimate of drug-likeness (QED) is 0.484. The van der Waals surface area contributed by atoms with E-state index in [1.54, 1.807) is 36.5 Å². The Kier molecular flexibility index (Phi) is 4.11. The lowest BCUT2D eigenvalue weighted by atomic mass is 10.2. The zero-order valence-corrected chi connectivity index (χ0v) is 10.6. The number of nitro benzene ring substituents is 1. The van der Waals surface area contributed by atoms with Gasteiger partial charge in [-0.25, -0.2) is 4.98 Å². The molecule has 19 heavy (non-hydrogen) atoms. The molecule has 0 N–H and O–H groups in total. The number of nitro groups is 1. The molecule has 0 aliphatic rings. The summed E-state index contributed by atoms with van der Waals surface area (Å²) >= 11 is 1.33. The minimum Gasteiger partial charge on any atom is -0.258 e. The molecule has 0 amide bonds. The van der Waals surface area contributed by atoms with Crippen LogP contribution in [0.5, 0.6) is 0 Å². The molecule has 0 spiro atoms. The highest BCUT2D eigenvalue weighted by atomic mass is 32.2. The van der Waals surface area contributed by atoms with Gasteiger partial charge in [-0.2, -0.15) is 5.26 Å². The molecule has 6 heteroatoms. The predicted molar refractivity (Wildman–Crippen MR) is 71.6 cm³/mol. The first-order chi connectivity index (χ1) is 9.22. The summed E-state index contributed by atoms with van der Waals surface area (Å²) < 4.78 is 0. The molecule has 0 aliphatic heterocycles. The van der Waals surface area contributed by atoms with E-state index < -0.39 is 4.92 Å². The number of benzene rings is 1. The second-order valence-electron chi connectivity index (χ2n) is 3.64. The summed E-state index contributed by atoms with van der Waals surface area (Å²) in [6.07, 6.45) is 1.55. The summed E-state index contributed by atoms with van der Waals surface area (Å²) in [5.41, 5.74) is 1.21. The van der Waals surface area contributed by atoms with Crippen molar-refractivity contribution in [2.45, 2.75) is 10.6 Å². The number of para-hydroxylation sites is 1. The highest BCUT2D eigenvalue weighted by molar-refractivity contribution is 7.98. The van der Waals surface area contributed by atoms with Gasteiger partial charge in [0.15, 0.2) is 0 Å². The van der Waals surface area contributed by atoms with Gasteiger partial charge in [-0.3, -0.25) is 10.1 Å². The van der Waals surface area contributed by atoms with Crippen molar-refractivity contribution < 1.29 is 4.92 Å². The molecule has 0 saturated carbocycles. The monoisotopic (exact) mass is 271 g/mol. The third-order valence-electron chi connectivity index (χ3n) is 2.44. The highest BCUT2D eigenvalue weighted by Crippen LogP contribution is 2.31. The van der Waals surface area contributed by atoms with Crippen molar-refractivity contribution in [3.05, 3.63) is 64.0 Å². The number of hydrogen-bond donors (Lipinski definition) is 0. The molecule has 1 aromatic carbocycles. The van der Waals surface area contributed by atoms with Crippen molar-refractivity contribution >= 4 is 17.4 Å². The Morgan fingerprint density at radius 1 is 1.32 bits per heavy atom. The Balaban J connectivity index is 2.20. The summed E-state index contributed by atoms with van der Waals surface area (Å²) in [4.78, 5) is 15.0. The van der Waals surface area contributed by atoms with Gasteiger partial charge in [0.25, 0.3) is 5.69 Å². The molecule has 1 aromatic heterocycles. The van der Waals surface area contributed by atoms with E-state index in [1.165, 1.54) is 17.8 Å². The second kappa shape index (κ2) is 5.98. The van der Waals surface area contributed by atoms with E-state index >= 15 is 0 Å². The number of aromatic nitrogens is 1. The van der Waals surface area contributed by atoms with Crippen LogP contribution < -0.4 is 0 Å². The first-order valence-electron chi connectivity index (χ1n) is 5.42. The summed E-state index contributed by atoms with van der Waals surface area (Å²) in [7, 11) is 0. The third-order valence-corrected chi connectivity index (χ3v) is 3.55. The summed E-state index contributed by atoms with van der Waals surface area (Å²) in [6.45, 7) is 0. The van der Waals surface area contributed by atoms with Crippen LogP contribution in [0.2, 0.25) is 0 Å². The molecule has 2 aromatic rings. The Labute approximate surface area is 114 Å². The Bertz CT molecular complexity index is 652. The Morgan fingerprint density at radius 3 is 2.84 bits per heavy atom. The van der Waals surface area contributed by atoms with Crippen molar-refractivity contribution in [3.8, 4) is 6.07 Å². The van der Waals surface area contributed by atoms with Crippen LogP contribution in [0.3, 0.4) is 0 Å². The highest BCUT2D eigenvalue weighted by Gasteiger charge is 2.13. The lowest BCUT2D eigenvalue weighted by Crippen LogP contribution is -1.93. The minimum absolute atomic E-state index is 0.0786. The number of pyridine rings is 1. The number of nitriles is 1. The van der Waals surface area contributed by atoms with Gasteiger partial charge in [0.05, 0.1) is 9.82 Å². The summed E-state index contributed by atoms with van der Waals surface area (Å²) in [5, 5.41) is 19.8. The number of thioether (sulfide) groups is 1. The summed E-state index contributed by atoms with van der Waals surface area (Å²) in [5.74, 6) is 0.474. The standard InChI is InChI=1S/C13H9N3O2S/c14-8-11-10(4-3-7-15-11)9-19-13-6-2-1-5-12(13)16(17)18/h1-7H,9H2. The maximum absolute atomic E-state index is 10.9. The molecular formula is C13H9N3O2S. The van der Waals surface area contributed by atoms with Gasteiger partial charge in [-0.15, -0.1) is 11.8 Å². The number of nitrogens with zero attached hydrogens (tertiary/aromatic N) is 3. The van der Waals surface area contributed by atoms with Gasteiger partial charge in [0.2, 0.25) is 0 Å². The molecule has 1 heterocycles. The average Bonchev–Trinajstić information content (AvgIpc) is 2.45. The minimum atomic E-state index is -0.406. The zero-order valence-electron chi connectivity index (χ0n) is 9.81. The maximum Gasteiger partial charge on any atom is 0.282 e. The van der Waals surface area contributed by atoms with Gasteiger partial charge in [-0.1, -0.05) is 18.2 Å². The van der Waals surface area contributed by atoms with Gasteiger partial charge < -0.3 is 0 Å². The molecule has 0 fully saturated rings. The SMILES string of the molecule is N#Cc1ncccc1CSc1ccccc1[N+](=O)[O-]. The molecule has 5 nitrogen and oxygen atoms in total. The van der Waals surface area contributed by atoms with Crippen molar-refractivity contribution in [1.29, 1.82) is 5.26 Å². The van der Waals surface area contributed by atoms with Gasteiger partial charge >= 0.3 is 0 Å². The lowest BCUT2D eigenvalue weighted by molar-refractivity contribution is -0.387. The first-order valence-corrected chi connectivity index (χ1v) is 6.41. The smallest absolute Gasteiger partial charge is 0.258 e. The van der Waals surface area contributed by atoms with Crippen LogP contribution in [-0.2, 0) is 5.75 Å². The van der Waals surface area contributed by atoms with E-state index in [0.29, 0.717) is 16.3 Å². The van der Waals surface area contributed by atoms with Gasteiger partial charge in [-0.05, 0) is 17.7 Å².